The van der Waals surface area contributed by atoms with E-state index in [0.717, 1.165) is 11.1 Å². The molecule has 0 unspecified atom stereocenters. The first-order valence-corrected chi connectivity index (χ1v) is 3.36. The molecule has 1 radical (unpaired) electrons. The second-order valence-electron chi connectivity index (χ2n) is 2.55. The minimum absolute atomic E-state index is 0.875. The van der Waals surface area contributed by atoms with Gasteiger partial charge in [0.05, 0.1) is 0 Å². The molecular formula is C10H11. The summed E-state index contributed by atoms with van der Waals surface area (Å²) in [5.74, 6) is 0. The van der Waals surface area contributed by atoms with Crippen LogP contribution in [0, 0.1) is 13.5 Å². The smallest absolute Gasteiger partial charge is 0.0227 e. The highest BCUT2D eigenvalue weighted by Crippen LogP contribution is 2.10. The van der Waals surface area contributed by atoms with Crippen LogP contribution in [0.3, 0.4) is 0 Å². The van der Waals surface area contributed by atoms with Crippen molar-refractivity contribution in [2.75, 3.05) is 0 Å². The second kappa shape index (κ2) is 2.70. The molecule has 0 heterocycles. The molecule has 1 rings (SSSR count). The minimum atomic E-state index is 0.875. The average molecular weight is 131 g/mol. The molecule has 51 valence electrons. The lowest BCUT2D eigenvalue weighted by Gasteiger charge is -1.97. The number of allylic oxidation sites excluding steroid dienone is 1. The third-order valence-electron chi connectivity index (χ3n) is 1.51. The van der Waals surface area contributed by atoms with Crippen LogP contribution in [0.1, 0.15) is 18.1 Å². The highest BCUT2D eigenvalue weighted by Gasteiger charge is 1.89. The van der Waals surface area contributed by atoms with Gasteiger partial charge in [0.25, 0.3) is 0 Å². The predicted octanol–water partition coefficient (Wildman–Crippen LogP) is 2.83. The van der Waals surface area contributed by atoms with E-state index < -0.39 is 0 Å². The Morgan fingerprint density at radius 1 is 1.20 bits per heavy atom. The molecule has 0 aliphatic carbocycles. The van der Waals surface area contributed by atoms with Crippen molar-refractivity contribution in [3.05, 3.63) is 42.0 Å². The van der Waals surface area contributed by atoms with Crippen LogP contribution in [0.5, 0.6) is 0 Å². The third kappa shape index (κ3) is 1.47. The summed E-state index contributed by atoms with van der Waals surface area (Å²) in [6.45, 7) is 9.55. The zero-order chi connectivity index (χ0) is 7.56. The van der Waals surface area contributed by atoms with Crippen molar-refractivity contribution in [3.63, 3.8) is 0 Å². The zero-order valence-electron chi connectivity index (χ0n) is 6.39. The van der Waals surface area contributed by atoms with Crippen LogP contribution >= 0.6 is 0 Å². The van der Waals surface area contributed by atoms with E-state index in [1.165, 1.54) is 5.56 Å². The molecule has 1 aromatic carbocycles. The van der Waals surface area contributed by atoms with Crippen LogP contribution in [0.2, 0.25) is 0 Å². The van der Waals surface area contributed by atoms with Crippen LogP contribution < -0.4 is 0 Å². The Balaban J connectivity index is 3.00. The van der Waals surface area contributed by atoms with Gasteiger partial charge < -0.3 is 0 Å². The lowest BCUT2D eigenvalue weighted by molar-refractivity contribution is 1.45. The Morgan fingerprint density at radius 3 is 2.10 bits per heavy atom. The second-order valence-corrected chi connectivity index (χ2v) is 2.55. The van der Waals surface area contributed by atoms with Crippen LogP contribution in [0.4, 0.5) is 0 Å². The molecule has 0 fully saturated rings. The summed E-state index contributed by atoms with van der Waals surface area (Å²) in [4.78, 5) is 0. The van der Waals surface area contributed by atoms with Crippen molar-refractivity contribution >= 4 is 5.57 Å². The molecule has 0 spiro atoms. The number of aryl methyl sites for hydroxylation is 1. The van der Waals surface area contributed by atoms with Crippen LogP contribution in [0.15, 0.2) is 24.3 Å². The summed E-state index contributed by atoms with van der Waals surface area (Å²) in [5.41, 5.74) is 3.26. The van der Waals surface area contributed by atoms with Crippen LogP contribution in [-0.4, -0.2) is 0 Å². The van der Waals surface area contributed by atoms with E-state index in [0.29, 0.717) is 0 Å². The molecule has 0 aromatic heterocycles. The van der Waals surface area contributed by atoms with Crippen molar-refractivity contribution in [2.24, 2.45) is 0 Å². The molecule has 0 heteroatoms. The summed E-state index contributed by atoms with van der Waals surface area (Å²) >= 11 is 0. The van der Waals surface area contributed by atoms with Gasteiger partial charge in [-0.2, -0.15) is 0 Å². The van der Waals surface area contributed by atoms with Crippen molar-refractivity contribution in [3.8, 4) is 0 Å². The molecule has 0 saturated heterocycles. The van der Waals surface area contributed by atoms with E-state index in [1.807, 2.05) is 19.1 Å². The molecule has 1 aromatic rings. The van der Waals surface area contributed by atoms with Gasteiger partial charge in [-0.05, 0) is 25.0 Å². The molecule has 10 heavy (non-hydrogen) atoms. The van der Waals surface area contributed by atoms with E-state index in [4.69, 9.17) is 6.58 Å². The maximum atomic E-state index is 5.58. The molecule has 0 amide bonds. The number of benzene rings is 1. The normalized spacial score (nSPS) is 9.40. The first-order chi connectivity index (χ1) is 4.70. The quantitative estimate of drug-likeness (QED) is 0.549. The van der Waals surface area contributed by atoms with Crippen molar-refractivity contribution in [1.29, 1.82) is 0 Å². The van der Waals surface area contributed by atoms with E-state index in [1.54, 1.807) is 0 Å². The van der Waals surface area contributed by atoms with Gasteiger partial charge in [0.2, 0.25) is 0 Å². The monoisotopic (exact) mass is 131 g/mol. The molecule has 0 bridgehead atoms. The Hall–Kier alpha value is -1.04. The lowest BCUT2D eigenvalue weighted by atomic mass is 10.1. The van der Waals surface area contributed by atoms with Crippen LogP contribution in [0.25, 0.3) is 5.57 Å². The maximum absolute atomic E-state index is 5.58. The summed E-state index contributed by atoms with van der Waals surface area (Å²) in [5, 5.41) is 0. The van der Waals surface area contributed by atoms with Gasteiger partial charge >= 0.3 is 0 Å². The van der Waals surface area contributed by atoms with Gasteiger partial charge in [-0.1, -0.05) is 36.4 Å². The Morgan fingerprint density at radius 2 is 1.70 bits per heavy atom. The number of hydrogen-bond donors (Lipinski definition) is 0. The first kappa shape index (κ1) is 7.07. The first-order valence-electron chi connectivity index (χ1n) is 3.36. The van der Waals surface area contributed by atoms with Gasteiger partial charge in [-0.15, -0.1) is 0 Å². The molecule has 0 N–H and O–H groups in total. The Kier molecular flexibility index (Phi) is 1.91. The van der Waals surface area contributed by atoms with Crippen molar-refractivity contribution in [1.82, 2.24) is 0 Å². The van der Waals surface area contributed by atoms with E-state index >= 15 is 0 Å². The van der Waals surface area contributed by atoms with Crippen molar-refractivity contribution < 1.29 is 0 Å². The van der Waals surface area contributed by atoms with Gasteiger partial charge in [0.1, 0.15) is 0 Å². The topological polar surface area (TPSA) is 0 Å². The Bertz CT molecular complexity index is 229. The molecule has 0 atom stereocenters. The zero-order valence-corrected chi connectivity index (χ0v) is 6.39. The van der Waals surface area contributed by atoms with E-state index in [-0.39, 0.29) is 0 Å². The van der Waals surface area contributed by atoms with E-state index in [9.17, 15) is 0 Å². The standard InChI is InChI=1S/C10H11/c1-8(2)10-6-4-9(3)5-7-10/h1,4-7H,2-3H3. The summed E-state index contributed by atoms with van der Waals surface area (Å²) in [6.07, 6.45) is 0. The van der Waals surface area contributed by atoms with Gasteiger partial charge in [-0.25, -0.2) is 0 Å². The van der Waals surface area contributed by atoms with Crippen molar-refractivity contribution in [2.45, 2.75) is 13.8 Å². The molecular weight excluding hydrogens is 120 g/mol. The number of hydrogen-bond acceptors (Lipinski definition) is 0. The molecule has 0 aliphatic heterocycles. The van der Waals surface area contributed by atoms with E-state index in [2.05, 4.69) is 19.1 Å². The maximum Gasteiger partial charge on any atom is -0.0227 e. The molecule has 0 nitrogen and oxygen atoms in total. The lowest BCUT2D eigenvalue weighted by Crippen LogP contribution is -1.77. The predicted molar refractivity (Wildman–Crippen MR) is 44.6 cm³/mol. The highest BCUT2D eigenvalue weighted by atomic mass is 13.9. The fourth-order valence-corrected chi connectivity index (χ4v) is 0.816. The Labute approximate surface area is 62.2 Å². The van der Waals surface area contributed by atoms with Gasteiger partial charge in [0.15, 0.2) is 0 Å². The fraction of sp³-hybridized carbons (Fsp3) is 0.200. The minimum Gasteiger partial charge on any atom is -0.0587 e. The average Bonchev–Trinajstić information content (AvgIpc) is 1.88. The SMILES string of the molecule is [CH]=C(C)c1ccc(C)cc1. The number of rotatable bonds is 1. The summed E-state index contributed by atoms with van der Waals surface area (Å²) < 4.78 is 0. The fourth-order valence-electron chi connectivity index (χ4n) is 0.816. The molecule has 0 aliphatic rings. The highest BCUT2D eigenvalue weighted by molar-refractivity contribution is 5.59. The molecule has 0 saturated carbocycles. The largest absolute Gasteiger partial charge is 0.0587 e. The van der Waals surface area contributed by atoms with Gasteiger partial charge in [-0.3, -0.25) is 0 Å². The summed E-state index contributed by atoms with van der Waals surface area (Å²) in [7, 11) is 0. The third-order valence-corrected chi connectivity index (χ3v) is 1.51. The van der Waals surface area contributed by atoms with Gasteiger partial charge in [0, 0.05) is 0 Å². The van der Waals surface area contributed by atoms with Crippen LogP contribution in [-0.2, 0) is 0 Å². The summed E-state index contributed by atoms with van der Waals surface area (Å²) in [6, 6.07) is 8.19.